The van der Waals surface area contributed by atoms with Gasteiger partial charge in [0.05, 0.1) is 0 Å². The van der Waals surface area contributed by atoms with E-state index in [1.807, 2.05) is 0 Å². The van der Waals surface area contributed by atoms with Crippen LogP contribution in [-0.4, -0.2) is 30.8 Å². The van der Waals surface area contributed by atoms with Crippen LogP contribution in [0.3, 0.4) is 0 Å². The smallest absolute Gasteiger partial charge is 0.217 e. The molecule has 90 valence electrons. The van der Waals surface area contributed by atoms with E-state index in [2.05, 4.69) is 19.9 Å². The molecule has 0 bridgehead atoms. The topological polar surface area (TPSA) is 79.1 Å². The van der Waals surface area contributed by atoms with Crippen LogP contribution < -0.4 is 0 Å². The van der Waals surface area contributed by atoms with Crippen LogP contribution in [0.4, 0.5) is 5.82 Å². The normalized spacial score (nSPS) is 15.3. The summed E-state index contributed by atoms with van der Waals surface area (Å²) in [5.41, 5.74) is 2.21. The third-order valence-corrected chi connectivity index (χ3v) is 3.11. The van der Waals surface area contributed by atoms with E-state index in [0.29, 0.717) is 16.3 Å². The van der Waals surface area contributed by atoms with Crippen molar-refractivity contribution in [1.29, 1.82) is 0 Å². The minimum Gasteiger partial charge on any atom is -0.493 e. The quantitative estimate of drug-likeness (QED) is 0.766. The van der Waals surface area contributed by atoms with Crippen LogP contribution >= 0.6 is 12.2 Å². The van der Waals surface area contributed by atoms with E-state index < -0.39 is 0 Å². The lowest BCUT2D eigenvalue weighted by atomic mass is 10.1. The van der Waals surface area contributed by atoms with Crippen molar-refractivity contribution in [3.8, 4) is 5.88 Å². The molecule has 0 aliphatic carbocycles. The third kappa shape index (κ3) is 1.56. The summed E-state index contributed by atoms with van der Waals surface area (Å²) in [6.07, 6.45) is 6.59. The zero-order valence-electron chi connectivity index (χ0n) is 9.45. The Balaban J connectivity index is 2.12. The van der Waals surface area contributed by atoms with Gasteiger partial charge in [-0.2, -0.15) is 0 Å². The fourth-order valence-electron chi connectivity index (χ4n) is 1.73. The van der Waals surface area contributed by atoms with Crippen molar-refractivity contribution in [2.75, 3.05) is 0 Å². The number of rotatable bonds is 1. The molecule has 0 atom stereocenters. The molecule has 6 nitrogen and oxygen atoms in total. The number of hydrogen-bond donors (Lipinski definition) is 2. The summed E-state index contributed by atoms with van der Waals surface area (Å²) >= 11 is 5.04. The number of H-pyrrole nitrogens is 1. The number of imidazole rings is 1. The predicted octanol–water partition coefficient (Wildman–Crippen LogP) is 1.83. The number of fused-ring (bicyclic) bond motifs is 1. The first-order valence-corrected chi connectivity index (χ1v) is 5.62. The second-order valence-corrected chi connectivity index (χ2v) is 4.23. The summed E-state index contributed by atoms with van der Waals surface area (Å²) in [6.45, 7) is 0. The summed E-state index contributed by atoms with van der Waals surface area (Å²) in [7, 11) is 1.69. The second kappa shape index (κ2) is 3.88. The molecule has 3 rings (SSSR count). The summed E-state index contributed by atoms with van der Waals surface area (Å²) < 4.78 is 1.95. The molecular formula is C11H9N5OS. The molecule has 0 fully saturated rings. The van der Waals surface area contributed by atoms with Gasteiger partial charge < -0.3 is 10.1 Å². The minimum atomic E-state index is 0.0891. The molecule has 0 saturated carbocycles. The molecular weight excluding hydrogens is 250 g/mol. The average molecular weight is 259 g/mol. The molecule has 18 heavy (non-hydrogen) atoms. The number of aliphatic imine (C=N–C) groups is 1. The van der Waals surface area contributed by atoms with E-state index >= 15 is 0 Å². The molecule has 0 spiro atoms. The van der Waals surface area contributed by atoms with Gasteiger partial charge in [-0.3, -0.25) is 4.57 Å². The molecule has 3 heterocycles. The molecule has 0 saturated heterocycles. The van der Waals surface area contributed by atoms with E-state index in [9.17, 15) is 5.11 Å². The van der Waals surface area contributed by atoms with Crippen molar-refractivity contribution in [2.45, 2.75) is 0 Å². The Labute approximate surface area is 107 Å². The Bertz CT molecular complexity index is 740. The van der Waals surface area contributed by atoms with Gasteiger partial charge in [-0.25, -0.2) is 15.0 Å². The van der Waals surface area contributed by atoms with E-state index in [-0.39, 0.29) is 5.88 Å². The zero-order chi connectivity index (χ0) is 12.7. The van der Waals surface area contributed by atoms with Crippen LogP contribution in [-0.2, 0) is 7.05 Å². The van der Waals surface area contributed by atoms with Gasteiger partial charge in [0.15, 0.2) is 10.6 Å². The fourth-order valence-corrected chi connectivity index (χ4v) is 1.93. The number of nitrogens with one attached hydrogen (secondary N) is 1. The summed E-state index contributed by atoms with van der Waals surface area (Å²) in [4.78, 5) is 15.1. The van der Waals surface area contributed by atoms with Crippen molar-refractivity contribution in [3.63, 3.8) is 0 Å². The van der Waals surface area contributed by atoms with Crippen LogP contribution in [0, 0.1) is 4.77 Å². The molecule has 1 aliphatic heterocycles. The number of hydrogen-bond acceptors (Lipinski definition) is 5. The van der Waals surface area contributed by atoms with Crippen LogP contribution in [0.1, 0.15) is 11.3 Å². The highest BCUT2D eigenvalue weighted by atomic mass is 32.1. The molecule has 2 aromatic heterocycles. The van der Waals surface area contributed by atoms with Gasteiger partial charge in [0.25, 0.3) is 0 Å². The molecule has 0 radical (unpaired) electrons. The van der Waals surface area contributed by atoms with Gasteiger partial charge in [-0.1, -0.05) is 0 Å². The van der Waals surface area contributed by atoms with Gasteiger partial charge in [0, 0.05) is 30.6 Å². The largest absolute Gasteiger partial charge is 0.493 e. The predicted molar refractivity (Wildman–Crippen MR) is 70.3 cm³/mol. The van der Waals surface area contributed by atoms with E-state index in [4.69, 9.17) is 12.2 Å². The maximum Gasteiger partial charge on any atom is 0.217 e. The Kier molecular flexibility index (Phi) is 2.34. The van der Waals surface area contributed by atoms with Crippen LogP contribution in [0.5, 0.6) is 5.88 Å². The minimum absolute atomic E-state index is 0.0891. The number of aromatic nitrogens is 4. The lowest BCUT2D eigenvalue weighted by molar-refractivity contribution is 0.430. The molecule has 0 amide bonds. The highest BCUT2D eigenvalue weighted by Crippen LogP contribution is 2.30. The van der Waals surface area contributed by atoms with Crippen molar-refractivity contribution in [2.24, 2.45) is 12.0 Å². The Morgan fingerprint density at radius 2 is 2.33 bits per heavy atom. The van der Waals surface area contributed by atoms with Crippen LogP contribution in [0.15, 0.2) is 17.5 Å². The molecule has 7 heteroatoms. The Morgan fingerprint density at radius 1 is 1.50 bits per heavy atom. The van der Waals surface area contributed by atoms with Gasteiger partial charge in [0.2, 0.25) is 5.88 Å². The van der Waals surface area contributed by atoms with Crippen molar-refractivity contribution in [3.05, 3.63) is 28.6 Å². The first-order chi connectivity index (χ1) is 8.66. The van der Waals surface area contributed by atoms with Crippen molar-refractivity contribution in [1.82, 2.24) is 19.5 Å². The van der Waals surface area contributed by atoms with Crippen molar-refractivity contribution >= 4 is 35.9 Å². The van der Waals surface area contributed by atoms with E-state index in [1.54, 1.807) is 25.5 Å². The van der Waals surface area contributed by atoms with E-state index in [1.165, 1.54) is 10.9 Å². The number of aromatic hydroxyl groups is 1. The van der Waals surface area contributed by atoms with Gasteiger partial charge >= 0.3 is 0 Å². The van der Waals surface area contributed by atoms with Crippen LogP contribution in [0.25, 0.3) is 11.6 Å². The summed E-state index contributed by atoms with van der Waals surface area (Å²) in [5, 5.41) is 9.87. The number of aromatic amines is 1. The Morgan fingerprint density at radius 3 is 3.06 bits per heavy atom. The lowest BCUT2D eigenvalue weighted by Crippen LogP contribution is -1.86. The van der Waals surface area contributed by atoms with Crippen molar-refractivity contribution < 1.29 is 5.11 Å². The second-order valence-electron chi connectivity index (χ2n) is 3.84. The molecule has 2 aromatic rings. The zero-order valence-corrected chi connectivity index (χ0v) is 10.3. The maximum atomic E-state index is 9.87. The monoisotopic (exact) mass is 259 g/mol. The third-order valence-electron chi connectivity index (χ3n) is 2.73. The SMILES string of the molecule is Cn1c(O)c(/C=C2\C=Nc3ncncc32)[nH]c1=S. The standard InChI is InChI=1S/C11H9N5OS/c1-16-10(17)8(15-11(16)18)2-6-3-13-9-7(6)4-12-5-14-9/h2-5,17H,1H3,(H,15,18)/b6-2+. The molecule has 0 unspecified atom stereocenters. The summed E-state index contributed by atoms with van der Waals surface area (Å²) in [5.74, 6) is 0.719. The first kappa shape index (κ1) is 10.8. The lowest BCUT2D eigenvalue weighted by Gasteiger charge is -1.97. The Hall–Kier alpha value is -2.28. The highest BCUT2D eigenvalue weighted by molar-refractivity contribution is 7.71. The molecule has 1 aliphatic rings. The number of allylic oxidation sites excluding steroid dienone is 1. The summed E-state index contributed by atoms with van der Waals surface area (Å²) in [6, 6.07) is 0. The number of nitrogens with zero attached hydrogens (tertiary/aromatic N) is 4. The first-order valence-electron chi connectivity index (χ1n) is 5.21. The van der Waals surface area contributed by atoms with E-state index in [0.717, 1.165) is 11.1 Å². The average Bonchev–Trinajstić information content (AvgIpc) is 2.89. The highest BCUT2D eigenvalue weighted by Gasteiger charge is 2.15. The van der Waals surface area contributed by atoms with Gasteiger partial charge in [-0.05, 0) is 18.3 Å². The molecule has 0 aromatic carbocycles. The maximum absolute atomic E-state index is 9.87. The van der Waals surface area contributed by atoms with Gasteiger partial charge in [-0.15, -0.1) is 0 Å². The van der Waals surface area contributed by atoms with Crippen LogP contribution in [0.2, 0.25) is 0 Å². The molecule has 2 N–H and O–H groups in total. The van der Waals surface area contributed by atoms with Gasteiger partial charge in [0.1, 0.15) is 12.0 Å². The fraction of sp³-hybridized carbons (Fsp3) is 0.0909.